The van der Waals surface area contributed by atoms with E-state index in [2.05, 4.69) is 20.1 Å². The molecule has 1 unspecified atom stereocenters. The molecule has 2 saturated heterocycles. The number of nitrogens with one attached hydrogen (secondary N) is 1. The summed E-state index contributed by atoms with van der Waals surface area (Å²) in [5.41, 5.74) is 0. The van der Waals surface area contributed by atoms with Crippen LogP contribution in [-0.2, 0) is 0 Å². The van der Waals surface area contributed by atoms with Crippen LogP contribution in [0.15, 0.2) is 12.3 Å². The summed E-state index contributed by atoms with van der Waals surface area (Å²) in [5.74, 6) is 0.555. The second-order valence-electron chi connectivity index (χ2n) is 9.17. The van der Waals surface area contributed by atoms with Crippen LogP contribution in [0.2, 0.25) is 0 Å². The van der Waals surface area contributed by atoms with Gasteiger partial charge in [0.2, 0.25) is 5.95 Å². The van der Waals surface area contributed by atoms with Gasteiger partial charge in [-0.2, -0.15) is 18.2 Å². The summed E-state index contributed by atoms with van der Waals surface area (Å²) in [6.45, 7) is 3.94. The molecular formula is C22H34F3N5. The number of anilines is 2. The first-order valence-corrected chi connectivity index (χ1v) is 11.6. The van der Waals surface area contributed by atoms with Crippen molar-refractivity contribution in [2.24, 2.45) is 5.92 Å². The van der Waals surface area contributed by atoms with Gasteiger partial charge in [-0.05, 0) is 64.0 Å². The fourth-order valence-corrected chi connectivity index (χ4v) is 5.30. The normalized spacial score (nSPS) is 29.4. The van der Waals surface area contributed by atoms with Crippen LogP contribution >= 0.6 is 0 Å². The molecular weight excluding hydrogens is 391 g/mol. The molecule has 0 spiro atoms. The summed E-state index contributed by atoms with van der Waals surface area (Å²) in [7, 11) is 0. The zero-order valence-electron chi connectivity index (χ0n) is 17.7. The maximum absolute atomic E-state index is 13.0. The minimum Gasteiger partial charge on any atom is -0.356 e. The first kappa shape index (κ1) is 21.7. The van der Waals surface area contributed by atoms with Crippen LogP contribution in [0.1, 0.15) is 64.2 Å². The van der Waals surface area contributed by atoms with E-state index in [0.29, 0.717) is 18.8 Å². The fraction of sp³-hybridized carbons (Fsp3) is 0.818. The van der Waals surface area contributed by atoms with Crippen molar-refractivity contribution in [2.45, 2.75) is 82.5 Å². The van der Waals surface area contributed by atoms with Crippen molar-refractivity contribution in [3.8, 4) is 0 Å². The molecule has 8 heteroatoms. The van der Waals surface area contributed by atoms with E-state index < -0.39 is 12.1 Å². The van der Waals surface area contributed by atoms with Crippen molar-refractivity contribution in [2.75, 3.05) is 36.4 Å². The Hall–Kier alpha value is -1.57. The highest BCUT2D eigenvalue weighted by atomic mass is 19.4. The number of rotatable bonds is 4. The Morgan fingerprint density at radius 2 is 1.63 bits per heavy atom. The SMILES string of the molecule is FC(F)(F)C1CCC(N2CCCC(Nc3nccc(N4CCCCCC4)n3)C2)CC1. The minimum absolute atomic E-state index is 0.249. The summed E-state index contributed by atoms with van der Waals surface area (Å²) >= 11 is 0. The van der Waals surface area contributed by atoms with E-state index in [1.54, 1.807) is 0 Å². The Labute approximate surface area is 177 Å². The number of alkyl halides is 3. The van der Waals surface area contributed by atoms with E-state index in [9.17, 15) is 13.2 Å². The van der Waals surface area contributed by atoms with Crippen molar-refractivity contribution in [1.82, 2.24) is 14.9 Å². The fourth-order valence-electron chi connectivity index (χ4n) is 5.30. The Morgan fingerprint density at radius 3 is 2.33 bits per heavy atom. The lowest BCUT2D eigenvalue weighted by Gasteiger charge is -2.41. The molecule has 30 heavy (non-hydrogen) atoms. The summed E-state index contributed by atoms with van der Waals surface area (Å²) in [5, 5.41) is 3.51. The third kappa shape index (κ3) is 5.56. The number of hydrogen-bond acceptors (Lipinski definition) is 5. The van der Waals surface area contributed by atoms with Crippen LogP contribution in [0.5, 0.6) is 0 Å². The average Bonchev–Trinajstić information content (AvgIpc) is 3.03. The van der Waals surface area contributed by atoms with Crippen molar-refractivity contribution >= 4 is 11.8 Å². The van der Waals surface area contributed by atoms with Gasteiger partial charge in [0.1, 0.15) is 5.82 Å². The van der Waals surface area contributed by atoms with Crippen LogP contribution in [0.4, 0.5) is 24.9 Å². The molecule has 1 saturated carbocycles. The average molecular weight is 426 g/mol. The van der Waals surface area contributed by atoms with Crippen LogP contribution < -0.4 is 10.2 Å². The van der Waals surface area contributed by atoms with Crippen molar-refractivity contribution < 1.29 is 13.2 Å². The van der Waals surface area contributed by atoms with Crippen LogP contribution in [0.25, 0.3) is 0 Å². The first-order valence-electron chi connectivity index (χ1n) is 11.6. The molecule has 4 rings (SSSR count). The number of likely N-dealkylation sites (tertiary alicyclic amines) is 1. The van der Waals surface area contributed by atoms with Crippen LogP contribution in [0.3, 0.4) is 0 Å². The Balaban J connectivity index is 1.32. The number of piperidine rings is 1. The second-order valence-corrected chi connectivity index (χ2v) is 9.17. The van der Waals surface area contributed by atoms with Crippen LogP contribution in [-0.4, -0.2) is 59.3 Å². The lowest BCUT2D eigenvalue weighted by atomic mass is 9.84. The second kappa shape index (κ2) is 9.71. The van der Waals surface area contributed by atoms with Gasteiger partial charge in [-0.1, -0.05) is 12.8 Å². The largest absolute Gasteiger partial charge is 0.391 e. The zero-order valence-corrected chi connectivity index (χ0v) is 17.7. The molecule has 0 bridgehead atoms. The highest BCUT2D eigenvalue weighted by molar-refractivity contribution is 5.43. The summed E-state index contributed by atoms with van der Waals surface area (Å²) in [6.07, 6.45) is 6.73. The Morgan fingerprint density at radius 1 is 0.900 bits per heavy atom. The van der Waals surface area contributed by atoms with Gasteiger partial charge in [0, 0.05) is 37.9 Å². The van der Waals surface area contributed by atoms with Gasteiger partial charge in [0.15, 0.2) is 0 Å². The van der Waals surface area contributed by atoms with E-state index >= 15 is 0 Å². The highest BCUT2D eigenvalue weighted by Gasteiger charge is 2.42. The predicted octanol–water partition coefficient (Wildman–Crippen LogP) is 4.85. The summed E-state index contributed by atoms with van der Waals surface area (Å²) in [4.78, 5) is 13.9. The molecule has 0 amide bonds. The highest BCUT2D eigenvalue weighted by Crippen LogP contribution is 2.39. The molecule has 3 fully saturated rings. The number of nitrogens with zero attached hydrogens (tertiary/aromatic N) is 4. The zero-order chi connectivity index (χ0) is 21.0. The van der Waals surface area contributed by atoms with Crippen molar-refractivity contribution in [3.05, 3.63) is 12.3 Å². The molecule has 0 aromatic carbocycles. The smallest absolute Gasteiger partial charge is 0.356 e. The van der Waals surface area contributed by atoms with Crippen molar-refractivity contribution in [3.63, 3.8) is 0 Å². The quantitative estimate of drug-likeness (QED) is 0.747. The number of hydrogen-bond donors (Lipinski definition) is 1. The molecule has 0 radical (unpaired) electrons. The van der Waals surface area contributed by atoms with E-state index in [-0.39, 0.29) is 24.9 Å². The van der Waals surface area contributed by atoms with Gasteiger partial charge in [-0.25, -0.2) is 4.98 Å². The van der Waals surface area contributed by atoms with Gasteiger partial charge < -0.3 is 10.2 Å². The van der Waals surface area contributed by atoms with Gasteiger partial charge in [0.25, 0.3) is 0 Å². The van der Waals surface area contributed by atoms with Gasteiger partial charge in [-0.15, -0.1) is 0 Å². The van der Waals surface area contributed by atoms with E-state index in [1.165, 1.54) is 25.7 Å². The third-order valence-electron chi connectivity index (χ3n) is 7.03. The molecule has 1 aromatic heterocycles. The van der Waals surface area contributed by atoms with E-state index in [1.807, 2.05) is 12.3 Å². The Kier molecular flexibility index (Phi) is 7.01. The monoisotopic (exact) mass is 425 g/mol. The predicted molar refractivity (Wildman–Crippen MR) is 113 cm³/mol. The molecule has 3 heterocycles. The number of aromatic nitrogens is 2. The first-order chi connectivity index (χ1) is 14.5. The molecule has 1 aliphatic carbocycles. The molecule has 2 aliphatic heterocycles. The van der Waals surface area contributed by atoms with E-state index in [0.717, 1.165) is 44.8 Å². The molecule has 168 valence electrons. The van der Waals surface area contributed by atoms with Crippen molar-refractivity contribution in [1.29, 1.82) is 0 Å². The molecule has 5 nitrogen and oxygen atoms in total. The van der Waals surface area contributed by atoms with Gasteiger partial charge in [0.05, 0.1) is 5.92 Å². The van der Waals surface area contributed by atoms with Gasteiger partial charge in [-0.3, -0.25) is 4.90 Å². The third-order valence-corrected chi connectivity index (χ3v) is 7.03. The van der Waals surface area contributed by atoms with Crippen LogP contribution in [0, 0.1) is 5.92 Å². The maximum atomic E-state index is 13.0. The molecule has 1 aromatic rings. The topological polar surface area (TPSA) is 44.3 Å². The molecule has 1 N–H and O–H groups in total. The summed E-state index contributed by atoms with van der Waals surface area (Å²) < 4.78 is 38.9. The van der Waals surface area contributed by atoms with E-state index in [4.69, 9.17) is 4.98 Å². The maximum Gasteiger partial charge on any atom is 0.391 e. The summed E-state index contributed by atoms with van der Waals surface area (Å²) in [6, 6.07) is 2.51. The lowest BCUT2D eigenvalue weighted by Crippen LogP contribution is -2.49. The standard InChI is InChI=1S/C22H34F3N5/c23-22(24,25)17-7-9-19(10-8-17)30-15-5-6-18(16-30)27-21-26-12-11-20(28-21)29-13-3-1-2-4-14-29/h11-12,17-19H,1-10,13-16H2,(H,26,27,28). The molecule has 1 atom stereocenters. The lowest BCUT2D eigenvalue weighted by molar-refractivity contribution is -0.184. The number of halogens is 3. The Bertz CT molecular complexity index is 667. The minimum atomic E-state index is -4.04. The molecule has 3 aliphatic rings. The van der Waals surface area contributed by atoms with Gasteiger partial charge >= 0.3 is 6.18 Å².